The lowest BCUT2D eigenvalue weighted by Crippen LogP contribution is -2.23. The molecule has 14 heavy (non-hydrogen) atoms. The predicted octanol–water partition coefficient (Wildman–Crippen LogP) is 2.13. The van der Waals surface area contributed by atoms with Crippen LogP contribution in [0.5, 0.6) is 5.75 Å². The van der Waals surface area contributed by atoms with Gasteiger partial charge in [-0.3, -0.25) is 0 Å². The topological polar surface area (TPSA) is 29.5 Å². The molecule has 0 aliphatic carbocycles. The molecule has 0 saturated carbocycles. The van der Waals surface area contributed by atoms with Gasteiger partial charge in [0.15, 0.2) is 0 Å². The summed E-state index contributed by atoms with van der Waals surface area (Å²) in [6.07, 6.45) is 1.75. The van der Waals surface area contributed by atoms with Crippen molar-refractivity contribution in [1.82, 2.24) is 0 Å². The molecular formula is C12H16O2. The molecule has 1 unspecified atom stereocenters. The number of methoxy groups -OCH3 is 1. The third-order valence-electron chi connectivity index (χ3n) is 2.51. The van der Waals surface area contributed by atoms with Crippen molar-refractivity contribution in [2.45, 2.75) is 12.3 Å². The third-order valence-corrected chi connectivity index (χ3v) is 2.51. The molecule has 0 bridgehead atoms. The fraction of sp³-hybridized carbons (Fsp3) is 0.333. The van der Waals surface area contributed by atoms with Crippen LogP contribution >= 0.6 is 0 Å². The molecule has 0 radical (unpaired) electrons. The Balaban J connectivity index is 3.10. The maximum atomic E-state index is 9.29. The van der Waals surface area contributed by atoms with Crippen LogP contribution in [0.2, 0.25) is 0 Å². The molecule has 0 amide bonds. The van der Waals surface area contributed by atoms with Gasteiger partial charge in [0.25, 0.3) is 0 Å². The maximum Gasteiger partial charge on any atom is 0.119 e. The first-order valence-electron chi connectivity index (χ1n) is 4.55. The number of ether oxygens (including phenoxy) is 1. The summed E-state index contributed by atoms with van der Waals surface area (Å²) in [5, 5.41) is 9.29. The van der Waals surface area contributed by atoms with Crippen molar-refractivity contribution < 1.29 is 9.84 Å². The van der Waals surface area contributed by atoms with E-state index in [1.54, 1.807) is 13.2 Å². The number of aliphatic hydroxyl groups is 1. The van der Waals surface area contributed by atoms with Gasteiger partial charge in [0, 0.05) is 5.41 Å². The molecule has 76 valence electrons. The first-order valence-corrected chi connectivity index (χ1v) is 4.55. The highest BCUT2D eigenvalue weighted by Gasteiger charge is 2.21. The van der Waals surface area contributed by atoms with Crippen molar-refractivity contribution in [3.05, 3.63) is 42.5 Å². The van der Waals surface area contributed by atoms with Crippen LogP contribution in [0.1, 0.15) is 12.5 Å². The van der Waals surface area contributed by atoms with Crippen LogP contribution in [-0.4, -0.2) is 18.8 Å². The summed E-state index contributed by atoms with van der Waals surface area (Å²) in [6.45, 7) is 5.72. The van der Waals surface area contributed by atoms with Gasteiger partial charge in [-0.1, -0.05) is 18.2 Å². The molecule has 0 fully saturated rings. The van der Waals surface area contributed by atoms with Crippen molar-refractivity contribution in [2.75, 3.05) is 13.7 Å². The van der Waals surface area contributed by atoms with E-state index in [2.05, 4.69) is 6.58 Å². The molecule has 1 aromatic carbocycles. The van der Waals surface area contributed by atoms with Gasteiger partial charge in [-0.05, 0) is 24.6 Å². The van der Waals surface area contributed by atoms with E-state index < -0.39 is 5.41 Å². The molecule has 2 nitrogen and oxygen atoms in total. The lowest BCUT2D eigenvalue weighted by atomic mass is 9.83. The molecule has 0 aliphatic heterocycles. The van der Waals surface area contributed by atoms with Crippen LogP contribution in [0.4, 0.5) is 0 Å². The molecule has 0 aliphatic rings. The fourth-order valence-corrected chi connectivity index (χ4v) is 1.25. The second kappa shape index (κ2) is 4.29. The van der Waals surface area contributed by atoms with Gasteiger partial charge in [-0.25, -0.2) is 0 Å². The Morgan fingerprint density at radius 2 is 2.29 bits per heavy atom. The summed E-state index contributed by atoms with van der Waals surface area (Å²) >= 11 is 0. The maximum absolute atomic E-state index is 9.29. The van der Waals surface area contributed by atoms with E-state index in [0.717, 1.165) is 11.3 Å². The fourth-order valence-electron chi connectivity index (χ4n) is 1.25. The SMILES string of the molecule is C=CC(C)(CO)c1cccc(OC)c1. The largest absolute Gasteiger partial charge is 0.497 e. The first-order chi connectivity index (χ1) is 6.66. The molecule has 2 heteroatoms. The normalized spacial score (nSPS) is 14.5. The summed E-state index contributed by atoms with van der Waals surface area (Å²) < 4.78 is 5.12. The molecule has 1 aromatic rings. The zero-order valence-corrected chi connectivity index (χ0v) is 8.66. The number of hydrogen-bond donors (Lipinski definition) is 1. The van der Waals surface area contributed by atoms with Crippen molar-refractivity contribution in [2.24, 2.45) is 0 Å². The average molecular weight is 192 g/mol. The van der Waals surface area contributed by atoms with Gasteiger partial charge in [0.1, 0.15) is 5.75 Å². The summed E-state index contributed by atoms with van der Waals surface area (Å²) in [7, 11) is 1.63. The summed E-state index contributed by atoms with van der Waals surface area (Å²) in [4.78, 5) is 0. The van der Waals surface area contributed by atoms with Crippen LogP contribution in [0.15, 0.2) is 36.9 Å². The van der Waals surface area contributed by atoms with E-state index in [4.69, 9.17) is 4.74 Å². The van der Waals surface area contributed by atoms with Crippen LogP contribution < -0.4 is 4.74 Å². The van der Waals surface area contributed by atoms with Gasteiger partial charge in [-0.15, -0.1) is 6.58 Å². The van der Waals surface area contributed by atoms with E-state index in [0.29, 0.717) is 0 Å². The highest BCUT2D eigenvalue weighted by Crippen LogP contribution is 2.27. The minimum absolute atomic E-state index is 0.0453. The minimum Gasteiger partial charge on any atom is -0.497 e. The smallest absolute Gasteiger partial charge is 0.119 e. The van der Waals surface area contributed by atoms with Crippen LogP contribution in [0.25, 0.3) is 0 Å². The van der Waals surface area contributed by atoms with Crippen molar-refractivity contribution in [1.29, 1.82) is 0 Å². The molecule has 1 rings (SSSR count). The van der Waals surface area contributed by atoms with Crippen molar-refractivity contribution in [3.8, 4) is 5.75 Å². The van der Waals surface area contributed by atoms with E-state index in [1.807, 2.05) is 31.2 Å². The van der Waals surface area contributed by atoms with Gasteiger partial charge in [0.05, 0.1) is 13.7 Å². The van der Waals surface area contributed by atoms with E-state index in [1.165, 1.54) is 0 Å². The van der Waals surface area contributed by atoms with Crippen molar-refractivity contribution >= 4 is 0 Å². The van der Waals surface area contributed by atoms with E-state index in [-0.39, 0.29) is 6.61 Å². The Labute approximate surface area is 84.8 Å². The van der Waals surface area contributed by atoms with E-state index >= 15 is 0 Å². The van der Waals surface area contributed by atoms with Gasteiger partial charge < -0.3 is 9.84 Å². The highest BCUT2D eigenvalue weighted by molar-refractivity contribution is 5.36. The molecule has 1 N–H and O–H groups in total. The van der Waals surface area contributed by atoms with Crippen LogP contribution in [0.3, 0.4) is 0 Å². The highest BCUT2D eigenvalue weighted by atomic mass is 16.5. The lowest BCUT2D eigenvalue weighted by molar-refractivity contribution is 0.236. The molecule has 1 atom stereocenters. The second-order valence-electron chi connectivity index (χ2n) is 3.51. The molecule has 0 saturated heterocycles. The zero-order valence-electron chi connectivity index (χ0n) is 8.66. The van der Waals surface area contributed by atoms with Crippen LogP contribution in [-0.2, 0) is 5.41 Å². The Kier molecular flexibility index (Phi) is 3.31. The first kappa shape index (κ1) is 10.8. The quantitative estimate of drug-likeness (QED) is 0.740. The van der Waals surface area contributed by atoms with Gasteiger partial charge >= 0.3 is 0 Å². The Hall–Kier alpha value is -1.28. The molecule has 0 heterocycles. The van der Waals surface area contributed by atoms with E-state index in [9.17, 15) is 5.11 Å². The van der Waals surface area contributed by atoms with Gasteiger partial charge in [0.2, 0.25) is 0 Å². The average Bonchev–Trinajstić information content (AvgIpc) is 2.28. The Morgan fingerprint density at radius 3 is 2.79 bits per heavy atom. The van der Waals surface area contributed by atoms with Gasteiger partial charge in [-0.2, -0.15) is 0 Å². The zero-order chi connectivity index (χ0) is 10.6. The van der Waals surface area contributed by atoms with Crippen LogP contribution in [0, 0.1) is 0 Å². The number of hydrogen-bond acceptors (Lipinski definition) is 2. The second-order valence-corrected chi connectivity index (χ2v) is 3.51. The third kappa shape index (κ3) is 1.96. The lowest BCUT2D eigenvalue weighted by Gasteiger charge is -2.23. The standard InChI is InChI=1S/C12H16O2/c1-4-12(2,9-13)10-6-5-7-11(8-10)14-3/h4-8,13H,1,9H2,2-3H3. The Bertz CT molecular complexity index is 320. The number of rotatable bonds is 4. The summed E-state index contributed by atoms with van der Waals surface area (Å²) in [5.41, 5.74) is 0.614. The molecule has 0 aromatic heterocycles. The monoisotopic (exact) mass is 192 g/mol. The molecule has 0 spiro atoms. The molecular weight excluding hydrogens is 176 g/mol. The summed E-state index contributed by atoms with van der Waals surface area (Å²) in [5.74, 6) is 0.795. The predicted molar refractivity (Wildman–Crippen MR) is 57.6 cm³/mol. The number of aliphatic hydroxyl groups excluding tert-OH is 1. The summed E-state index contributed by atoms with van der Waals surface area (Å²) in [6, 6.07) is 7.66. The van der Waals surface area contributed by atoms with Crippen molar-refractivity contribution in [3.63, 3.8) is 0 Å². The minimum atomic E-state index is -0.394. The number of benzene rings is 1. The Morgan fingerprint density at radius 1 is 1.57 bits per heavy atom.